The summed E-state index contributed by atoms with van der Waals surface area (Å²) in [6.45, 7) is 8.33. The Morgan fingerprint density at radius 2 is 2.06 bits per heavy atom. The number of nitrogens with one attached hydrogen (secondary N) is 1. The summed E-state index contributed by atoms with van der Waals surface area (Å²) in [5.41, 5.74) is 1.80. The summed E-state index contributed by atoms with van der Waals surface area (Å²) in [4.78, 5) is 12.0. The summed E-state index contributed by atoms with van der Waals surface area (Å²) in [6, 6.07) is 3.33. The number of hydrogen-bond donors (Lipinski definition) is 1. The zero-order valence-electron chi connectivity index (χ0n) is 10.9. The van der Waals surface area contributed by atoms with E-state index in [9.17, 15) is 9.18 Å². The van der Waals surface area contributed by atoms with Gasteiger partial charge in [-0.2, -0.15) is 0 Å². The summed E-state index contributed by atoms with van der Waals surface area (Å²) in [5.74, 6) is -0.537. The standard InChI is InChI=1S/C14H20FNO/c1-5-16-11(4)8-13(17)14-10(3)6-9(2)7-12(14)15/h6-7,11,16H,5,8H2,1-4H3. The number of ketones is 1. The molecular formula is C14H20FNO. The molecule has 1 atom stereocenters. The summed E-state index contributed by atoms with van der Waals surface area (Å²) < 4.78 is 13.8. The molecule has 0 bridgehead atoms. The third-order valence-corrected chi connectivity index (χ3v) is 2.75. The predicted octanol–water partition coefficient (Wildman–Crippen LogP) is 3.01. The van der Waals surface area contributed by atoms with E-state index in [1.807, 2.05) is 26.8 Å². The van der Waals surface area contributed by atoms with E-state index >= 15 is 0 Å². The second kappa shape index (κ2) is 5.92. The number of hydrogen-bond acceptors (Lipinski definition) is 2. The minimum absolute atomic E-state index is 0.0765. The predicted molar refractivity (Wildman–Crippen MR) is 68.0 cm³/mol. The number of carbonyl (C=O) groups is 1. The molecule has 94 valence electrons. The molecule has 17 heavy (non-hydrogen) atoms. The lowest BCUT2D eigenvalue weighted by molar-refractivity contribution is 0.0967. The van der Waals surface area contributed by atoms with Crippen LogP contribution in [0.3, 0.4) is 0 Å². The van der Waals surface area contributed by atoms with Crippen LogP contribution < -0.4 is 5.32 Å². The van der Waals surface area contributed by atoms with Crippen molar-refractivity contribution in [2.75, 3.05) is 6.54 Å². The first-order valence-corrected chi connectivity index (χ1v) is 5.99. The summed E-state index contributed by atoms with van der Waals surface area (Å²) >= 11 is 0. The zero-order valence-corrected chi connectivity index (χ0v) is 10.9. The lowest BCUT2D eigenvalue weighted by atomic mass is 9.97. The average molecular weight is 237 g/mol. The van der Waals surface area contributed by atoms with Crippen LogP contribution in [0.4, 0.5) is 4.39 Å². The van der Waals surface area contributed by atoms with Crippen LogP contribution >= 0.6 is 0 Å². The smallest absolute Gasteiger partial charge is 0.167 e. The third-order valence-electron chi connectivity index (χ3n) is 2.75. The number of Topliss-reactive ketones (excluding diaryl/α,β-unsaturated/α-hetero) is 1. The molecular weight excluding hydrogens is 217 g/mol. The number of carbonyl (C=O) groups excluding carboxylic acids is 1. The Hall–Kier alpha value is -1.22. The maximum absolute atomic E-state index is 13.8. The Bertz CT molecular complexity index is 392. The minimum Gasteiger partial charge on any atom is -0.314 e. The number of rotatable bonds is 5. The fourth-order valence-electron chi connectivity index (χ4n) is 2.07. The third kappa shape index (κ3) is 3.63. The van der Waals surface area contributed by atoms with Gasteiger partial charge in [0, 0.05) is 12.5 Å². The van der Waals surface area contributed by atoms with Crippen molar-refractivity contribution in [1.29, 1.82) is 0 Å². The van der Waals surface area contributed by atoms with E-state index in [1.165, 1.54) is 6.07 Å². The first-order valence-electron chi connectivity index (χ1n) is 5.99. The van der Waals surface area contributed by atoms with Gasteiger partial charge in [-0.25, -0.2) is 4.39 Å². The van der Waals surface area contributed by atoms with Gasteiger partial charge in [0.05, 0.1) is 5.56 Å². The van der Waals surface area contributed by atoms with Crippen molar-refractivity contribution in [2.24, 2.45) is 0 Å². The molecule has 0 aromatic heterocycles. The zero-order chi connectivity index (χ0) is 13.0. The first-order chi connectivity index (χ1) is 7.95. The van der Waals surface area contributed by atoms with E-state index in [0.717, 1.165) is 17.7 Å². The summed E-state index contributed by atoms with van der Waals surface area (Å²) in [6.07, 6.45) is 0.328. The first kappa shape index (κ1) is 13.8. The molecule has 1 unspecified atom stereocenters. The summed E-state index contributed by atoms with van der Waals surface area (Å²) in [7, 11) is 0. The number of aryl methyl sites for hydroxylation is 2. The maximum atomic E-state index is 13.8. The van der Waals surface area contributed by atoms with Gasteiger partial charge in [0.15, 0.2) is 5.78 Å². The Morgan fingerprint density at radius 3 is 2.59 bits per heavy atom. The van der Waals surface area contributed by atoms with E-state index in [1.54, 1.807) is 6.92 Å². The van der Waals surface area contributed by atoms with Crippen molar-refractivity contribution >= 4 is 5.78 Å². The van der Waals surface area contributed by atoms with E-state index < -0.39 is 5.82 Å². The lowest BCUT2D eigenvalue weighted by Crippen LogP contribution is -2.28. The van der Waals surface area contributed by atoms with Crippen LogP contribution in [0.2, 0.25) is 0 Å². The molecule has 0 heterocycles. The molecule has 1 aromatic carbocycles. The fourth-order valence-corrected chi connectivity index (χ4v) is 2.07. The monoisotopic (exact) mass is 237 g/mol. The molecule has 3 heteroatoms. The van der Waals surface area contributed by atoms with E-state index in [-0.39, 0.29) is 17.4 Å². The van der Waals surface area contributed by atoms with Gasteiger partial charge in [0.1, 0.15) is 5.82 Å². The fraction of sp³-hybridized carbons (Fsp3) is 0.500. The molecule has 0 fully saturated rings. The van der Waals surface area contributed by atoms with E-state index in [4.69, 9.17) is 0 Å². The average Bonchev–Trinajstić information content (AvgIpc) is 2.15. The number of benzene rings is 1. The summed E-state index contributed by atoms with van der Waals surface area (Å²) in [5, 5.41) is 3.15. The molecule has 1 N–H and O–H groups in total. The second-order valence-corrected chi connectivity index (χ2v) is 4.52. The molecule has 0 radical (unpaired) electrons. The highest BCUT2D eigenvalue weighted by Gasteiger charge is 2.17. The Kier molecular flexibility index (Phi) is 4.82. The SMILES string of the molecule is CCNC(C)CC(=O)c1c(C)cc(C)cc1F. The Morgan fingerprint density at radius 1 is 1.41 bits per heavy atom. The maximum Gasteiger partial charge on any atom is 0.167 e. The van der Waals surface area contributed by atoms with Crippen LogP contribution in [0, 0.1) is 19.7 Å². The van der Waals surface area contributed by atoms with Crippen LogP contribution in [0.1, 0.15) is 41.8 Å². The van der Waals surface area contributed by atoms with Crippen molar-refractivity contribution in [3.05, 3.63) is 34.6 Å². The van der Waals surface area contributed by atoms with Crippen LogP contribution in [-0.4, -0.2) is 18.4 Å². The molecule has 0 amide bonds. The minimum atomic E-state index is -0.406. The molecule has 2 nitrogen and oxygen atoms in total. The topological polar surface area (TPSA) is 29.1 Å². The lowest BCUT2D eigenvalue weighted by Gasteiger charge is -2.13. The molecule has 1 aromatic rings. The molecule has 0 saturated heterocycles. The van der Waals surface area contributed by atoms with E-state index in [2.05, 4.69) is 5.32 Å². The number of halogens is 1. The molecule has 0 aliphatic carbocycles. The van der Waals surface area contributed by atoms with Crippen molar-refractivity contribution in [3.8, 4) is 0 Å². The normalized spacial score (nSPS) is 12.5. The van der Waals surface area contributed by atoms with Gasteiger partial charge in [-0.05, 0) is 44.5 Å². The van der Waals surface area contributed by atoms with Crippen LogP contribution in [0.15, 0.2) is 12.1 Å². The van der Waals surface area contributed by atoms with Gasteiger partial charge in [-0.1, -0.05) is 13.0 Å². The van der Waals surface area contributed by atoms with Crippen LogP contribution in [0.25, 0.3) is 0 Å². The highest BCUT2D eigenvalue weighted by molar-refractivity contribution is 5.98. The van der Waals surface area contributed by atoms with Crippen molar-refractivity contribution < 1.29 is 9.18 Å². The molecule has 0 aliphatic heterocycles. The second-order valence-electron chi connectivity index (χ2n) is 4.52. The van der Waals surface area contributed by atoms with Crippen molar-refractivity contribution in [1.82, 2.24) is 5.32 Å². The molecule has 0 aliphatic rings. The molecule has 0 saturated carbocycles. The quantitative estimate of drug-likeness (QED) is 0.798. The largest absolute Gasteiger partial charge is 0.314 e. The molecule has 0 spiro atoms. The van der Waals surface area contributed by atoms with Gasteiger partial charge >= 0.3 is 0 Å². The van der Waals surface area contributed by atoms with E-state index in [0.29, 0.717) is 6.42 Å². The van der Waals surface area contributed by atoms with Gasteiger partial charge in [0.2, 0.25) is 0 Å². The van der Waals surface area contributed by atoms with Crippen LogP contribution in [-0.2, 0) is 0 Å². The van der Waals surface area contributed by atoms with Crippen molar-refractivity contribution in [2.45, 2.75) is 40.2 Å². The van der Waals surface area contributed by atoms with Crippen molar-refractivity contribution in [3.63, 3.8) is 0 Å². The highest BCUT2D eigenvalue weighted by atomic mass is 19.1. The highest BCUT2D eigenvalue weighted by Crippen LogP contribution is 2.18. The van der Waals surface area contributed by atoms with Gasteiger partial charge in [0.25, 0.3) is 0 Å². The van der Waals surface area contributed by atoms with Gasteiger partial charge < -0.3 is 5.32 Å². The molecule has 1 rings (SSSR count). The Balaban J connectivity index is 2.89. The van der Waals surface area contributed by atoms with Crippen LogP contribution in [0.5, 0.6) is 0 Å². The van der Waals surface area contributed by atoms with Gasteiger partial charge in [-0.3, -0.25) is 4.79 Å². The van der Waals surface area contributed by atoms with Gasteiger partial charge in [-0.15, -0.1) is 0 Å². The Labute approximate surface area is 102 Å².